The monoisotopic (exact) mass is 633 g/mol. The van der Waals surface area contributed by atoms with E-state index >= 15 is 0 Å². The van der Waals surface area contributed by atoms with E-state index in [1.54, 1.807) is 13.0 Å². The lowest BCUT2D eigenvalue weighted by atomic mass is 10.1. The Morgan fingerprint density at radius 3 is 1.71 bits per heavy atom. The zero-order valence-electron chi connectivity index (χ0n) is 29.0. The van der Waals surface area contributed by atoms with Gasteiger partial charge in [0.2, 0.25) is 0 Å². The fourth-order valence-electron chi connectivity index (χ4n) is 2.68. The predicted molar refractivity (Wildman–Crippen MR) is 186 cm³/mol. The number of carbonyl (C=O) groups excluding carboxylic acids is 1. The highest BCUT2D eigenvalue weighted by molar-refractivity contribution is 7.38. The Kier molecular flexibility index (Phi) is 50.5. The number of benzene rings is 1. The summed E-state index contributed by atoms with van der Waals surface area (Å²) in [5, 5.41) is 9.39. The zero-order valence-corrected chi connectivity index (χ0v) is 31.1. The average Bonchev–Trinajstić information content (AvgIpc) is 2.94. The SMILES string of the molecule is CC.CC=O.CCC.CCCC(CC)N(C)C.CCCPC(O)N(C)CC.CP.Cc1ccc(N)c(C(F)(F)F)c1. The molecule has 0 saturated carbocycles. The first-order valence-corrected chi connectivity index (χ1v) is 17.3. The number of carbonyl (C=O) groups is 1. The molecule has 3 N–H and O–H groups in total. The molecule has 0 aliphatic carbocycles. The van der Waals surface area contributed by atoms with Gasteiger partial charge in [0, 0.05) is 11.7 Å². The van der Waals surface area contributed by atoms with Gasteiger partial charge in [-0.05, 0) is 72.7 Å². The van der Waals surface area contributed by atoms with Gasteiger partial charge in [-0.15, -0.1) is 9.24 Å². The number of rotatable bonds is 9. The van der Waals surface area contributed by atoms with Gasteiger partial charge in [0.15, 0.2) is 0 Å². The van der Waals surface area contributed by atoms with Crippen LogP contribution in [0.3, 0.4) is 0 Å². The van der Waals surface area contributed by atoms with Crippen molar-refractivity contribution in [3.63, 3.8) is 0 Å². The molecule has 0 heterocycles. The normalized spacial score (nSPS) is 11.3. The second-order valence-electron chi connectivity index (χ2n) is 8.75. The van der Waals surface area contributed by atoms with Crippen LogP contribution < -0.4 is 5.73 Å². The number of aliphatic hydroxyl groups excluding tert-OH is 1. The molecule has 250 valence electrons. The molecule has 0 bridgehead atoms. The Hall–Kier alpha value is -0.780. The number of nitrogens with zero attached hydrogens (tertiary/aromatic N) is 2. The molecule has 1 rings (SSSR count). The minimum absolute atomic E-state index is 0.204. The quantitative estimate of drug-likeness (QED) is 0.123. The molecular formula is C31H68F3N3O2P2. The van der Waals surface area contributed by atoms with Crippen molar-refractivity contribution in [2.24, 2.45) is 0 Å². The third-order valence-corrected chi connectivity index (χ3v) is 6.43. The van der Waals surface area contributed by atoms with Crippen LogP contribution >= 0.6 is 17.8 Å². The highest BCUT2D eigenvalue weighted by Gasteiger charge is 2.32. The molecule has 0 aliphatic rings. The molecule has 5 nitrogen and oxygen atoms in total. The summed E-state index contributed by atoms with van der Waals surface area (Å²) in [5.41, 5.74) is 4.72. The molecule has 0 amide bonds. The number of aryl methyl sites for hydroxylation is 1. The maximum absolute atomic E-state index is 12.1. The Morgan fingerprint density at radius 1 is 1.02 bits per heavy atom. The van der Waals surface area contributed by atoms with Crippen LogP contribution in [0.4, 0.5) is 18.9 Å². The molecule has 0 aromatic heterocycles. The lowest BCUT2D eigenvalue weighted by Crippen LogP contribution is -2.27. The van der Waals surface area contributed by atoms with Gasteiger partial charge in [-0.2, -0.15) is 13.2 Å². The molecular weight excluding hydrogens is 565 g/mol. The molecule has 1 aromatic carbocycles. The maximum Gasteiger partial charge on any atom is 0.418 e. The van der Waals surface area contributed by atoms with Gasteiger partial charge in [-0.1, -0.05) is 102 Å². The number of nitrogens with two attached hydrogens (primary N) is 1. The van der Waals surface area contributed by atoms with E-state index in [1.165, 1.54) is 45.1 Å². The van der Waals surface area contributed by atoms with Crippen molar-refractivity contribution in [2.45, 2.75) is 120 Å². The summed E-state index contributed by atoms with van der Waals surface area (Å²) in [7, 11) is 9.36. The number of halogens is 3. The second kappa shape index (κ2) is 39.2. The minimum atomic E-state index is -4.35. The number of anilines is 1. The standard InChI is InChI=1S/C8H8F3N.C8H19N.C7H18NOP.C3H8.C2H4O.C2H6.CH5P/c1-5-2-3-7(12)6(4-5)8(9,10)11;1-5-7-8(6-2)9(3)4;1-4-6-10-7(9)8(3)5-2;1-3-2;1-2-3;2*1-2/h2-4H,12H2,1H3;8H,5-7H2,1-4H3;7,9-10H,4-6H2,1-3H3;3H2,1-2H3;2H,1H3;1-2H3;2H2,1H3. The Morgan fingerprint density at radius 2 is 1.46 bits per heavy atom. The minimum Gasteiger partial charge on any atom is -0.398 e. The van der Waals surface area contributed by atoms with Crippen LogP contribution in [0.5, 0.6) is 0 Å². The molecule has 0 fully saturated rings. The van der Waals surface area contributed by atoms with E-state index in [-0.39, 0.29) is 11.7 Å². The molecule has 4 unspecified atom stereocenters. The summed E-state index contributed by atoms with van der Waals surface area (Å²) < 4.78 is 36.4. The smallest absolute Gasteiger partial charge is 0.398 e. The number of aldehydes is 1. The summed E-state index contributed by atoms with van der Waals surface area (Å²) in [5.74, 6) is -0.204. The van der Waals surface area contributed by atoms with Gasteiger partial charge >= 0.3 is 6.18 Å². The summed E-state index contributed by atoms with van der Waals surface area (Å²) in [6.07, 6.45) is 3.88. The Bertz CT molecular complexity index is 639. The summed E-state index contributed by atoms with van der Waals surface area (Å²) in [4.78, 5) is 13.1. The summed E-state index contributed by atoms with van der Waals surface area (Å²) in [6.45, 7) is 22.8. The van der Waals surface area contributed by atoms with Crippen LogP contribution in [0.2, 0.25) is 0 Å². The van der Waals surface area contributed by atoms with E-state index in [0.717, 1.165) is 31.1 Å². The number of hydrogen-bond donors (Lipinski definition) is 2. The van der Waals surface area contributed by atoms with Gasteiger partial charge in [-0.3, -0.25) is 4.90 Å². The van der Waals surface area contributed by atoms with Gasteiger partial charge < -0.3 is 20.5 Å². The van der Waals surface area contributed by atoms with E-state index in [1.807, 2.05) is 32.5 Å². The molecule has 10 heteroatoms. The molecule has 0 spiro atoms. The largest absolute Gasteiger partial charge is 0.418 e. The van der Waals surface area contributed by atoms with Gasteiger partial charge in [0.05, 0.1) is 5.56 Å². The van der Waals surface area contributed by atoms with Crippen LogP contribution in [0.1, 0.15) is 106 Å². The van der Waals surface area contributed by atoms with Crippen molar-refractivity contribution in [3.05, 3.63) is 29.3 Å². The topological polar surface area (TPSA) is 69.8 Å². The molecule has 4 atom stereocenters. The van der Waals surface area contributed by atoms with Gasteiger partial charge in [-0.25, -0.2) is 0 Å². The third kappa shape index (κ3) is 39.2. The fraction of sp³-hybridized carbons (Fsp3) is 0.774. The van der Waals surface area contributed by atoms with Gasteiger partial charge in [0.25, 0.3) is 0 Å². The number of nitrogen functional groups attached to an aromatic ring is 1. The summed E-state index contributed by atoms with van der Waals surface area (Å²) >= 11 is 0. The van der Waals surface area contributed by atoms with Crippen LogP contribution in [0.15, 0.2) is 18.2 Å². The molecule has 41 heavy (non-hydrogen) atoms. The summed E-state index contributed by atoms with van der Waals surface area (Å²) in [6, 6.07) is 4.65. The number of aliphatic hydroxyl groups is 1. The van der Waals surface area contributed by atoms with E-state index in [9.17, 15) is 18.3 Å². The van der Waals surface area contributed by atoms with Crippen molar-refractivity contribution in [1.29, 1.82) is 0 Å². The molecule has 0 saturated heterocycles. The lowest BCUT2D eigenvalue weighted by Gasteiger charge is -2.21. The lowest BCUT2D eigenvalue weighted by molar-refractivity contribution is -0.137. The maximum atomic E-state index is 12.1. The van der Waals surface area contributed by atoms with Crippen molar-refractivity contribution < 1.29 is 23.1 Å². The first-order valence-electron chi connectivity index (χ1n) is 14.9. The van der Waals surface area contributed by atoms with E-state index in [4.69, 9.17) is 10.5 Å². The first-order chi connectivity index (χ1) is 19.2. The van der Waals surface area contributed by atoms with Crippen molar-refractivity contribution >= 4 is 29.8 Å². The molecule has 0 radical (unpaired) electrons. The van der Waals surface area contributed by atoms with Crippen molar-refractivity contribution in [3.8, 4) is 0 Å². The molecule has 0 aliphatic heterocycles. The number of hydrogen-bond acceptors (Lipinski definition) is 5. The van der Waals surface area contributed by atoms with E-state index < -0.39 is 11.7 Å². The highest BCUT2D eigenvalue weighted by atomic mass is 31.1. The van der Waals surface area contributed by atoms with Crippen LogP contribution in [-0.2, 0) is 11.0 Å². The van der Waals surface area contributed by atoms with E-state index in [2.05, 4.69) is 69.8 Å². The third-order valence-electron chi connectivity index (χ3n) is 4.83. The average molecular weight is 634 g/mol. The van der Waals surface area contributed by atoms with Crippen LogP contribution in [0.25, 0.3) is 0 Å². The first kappa shape index (κ1) is 52.8. The van der Waals surface area contributed by atoms with Crippen LogP contribution in [0, 0.1) is 6.92 Å². The predicted octanol–water partition coefficient (Wildman–Crippen LogP) is 9.16. The van der Waals surface area contributed by atoms with Gasteiger partial charge in [0.1, 0.15) is 12.3 Å². The fourth-order valence-corrected chi connectivity index (χ4v) is 3.72. The van der Waals surface area contributed by atoms with Crippen molar-refractivity contribution in [2.75, 3.05) is 46.2 Å². The second-order valence-corrected chi connectivity index (χ2v) is 10.2. The highest BCUT2D eigenvalue weighted by Crippen LogP contribution is 2.33. The number of alkyl halides is 3. The zero-order chi connectivity index (χ0) is 34.0. The Labute approximate surface area is 257 Å². The van der Waals surface area contributed by atoms with Crippen LogP contribution in [-0.4, -0.2) is 73.7 Å². The van der Waals surface area contributed by atoms with E-state index in [0.29, 0.717) is 14.1 Å². The Balaban J connectivity index is -0.0000000972. The van der Waals surface area contributed by atoms with Crippen molar-refractivity contribution in [1.82, 2.24) is 9.80 Å². The molecule has 1 aromatic rings.